The van der Waals surface area contributed by atoms with E-state index >= 15 is 0 Å². The molecule has 1 aromatic rings. The summed E-state index contributed by atoms with van der Waals surface area (Å²) in [4.78, 5) is 25.7. The zero-order chi connectivity index (χ0) is 14.5. The van der Waals surface area contributed by atoms with E-state index < -0.39 is 0 Å². The van der Waals surface area contributed by atoms with Crippen LogP contribution < -0.4 is 0 Å². The van der Waals surface area contributed by atoms with Gasteiger partial charge in [0.15, 0.2) is 0 Å². The molecular formula is C15H18BrNO3. The highest BCUT2D eigenvalue weighted by atomic mass is 79.9. The highest BCUT2D eigenvalue weighted by Crippen LogP contribution is 2.28. The van der Waals surface area contributed by atoms with Crippen LogP contribution in [0.1, 0.15) is 36.5 Å². The Balaban J connectivity index is 1.99. The van der Waals surface area contributed by atoms with E-state index in [0.717, 1.165) is 17.3 Å². The summed E-state index contributed by atoms with van der Waals surface area (Å²) >= 11 is 3.35. The number of esters is 1. The first-order valence-electron chi connectivity index (χ1n) is 6.84. The van der Waals surface area contributed by atoms with Gasteiger partial charge in [-0.3, -0.25) is 9.59 Å². The lowest BCUT2D eigenvalue weighted by Gasteiger charge is -2.22. The van der Waals surface area contributed by atoms with Crippen molar-refractivity contribution in [2.45, 2.75) is 32.2 Å². The van der Waals surface area contributed by atoms with Gasteiger partial charge in [0.25, 0.3) is 5.91 Å². The SMILES string of the molecule is CCOC(=O)CCN(C(=O)c1ccc(Br)cc1)C1CC1. The molecule has 0 N–H and O–H groups in total. The van der Waals surface area contributed by atoms with Crippen molar-refractivity contribution >= 4 is 27.8 Å². The number of rotatable bonds is 6. The first-order valence-corrected chi connectivity index (χ1v) is 7.63. The summed E-state index contributed by atoms with van der Waals surface area (Å²) in [6.07, 6.45) is 2.29. The third kappa shape index (κ3) is 4.07. The maximum Gasteiger partial charge on any atom is 0.307 e. The summed E-state index contributed by atoms with van der Waals surface area (Å²) in [6, 6.07) is 7.58. The highest BCUT2D eigenvalue weighted by Gasteiger charge is 2.33. The molecule has 0 saturated heterocycles. The van der Waals surface area contributed by atoms with E-state index in [-0.39, 0.29) is 24.3 Å². The minimum absolute atomic E-state index is 0.00991. The topological polar surface area (TPSA) is 46.6 Å². The highest BCUT2D eigenvalue weighted by molar-refractivity contribution is 9.10. The Morgan fingerprint density at radius 1 is 1.30 bits per heavy atom. The Bertz CT molecular complexity index is 482. The van der Waals surface area contributed by atoms with Crippen molar-refractivity contribution < 1.29 is 14.3 Å². The van der Waals surface area contributed by atoms with Crippen LogP contribution in [0.15, 0.2) is 28.7 Å². The number of halogens is 1. The standard InChI is InChI=1S/C15H18BrNO3/c1-2-20-14(18)9-10-17(13-7-8-13)15(19)11-3-5-12(16)6-4-11/h3-6,13H,2,7-10H2,1H3. The van der Waals surface area contributed by atoms with Gasteiger partial charge in [0, 0.05) is 22.6 Å². The Morgan fingerprint density at radius 2 is 1.95 bits per heavy atom. The van der Waals surface area contributed by atoms with Crippen LogP contribution in [0.4, 0.5) is 0 Å². The van der Waals surface area contributed by atoms with Crippen LogP contribution in [0, 0.1) is 0 Å². The average Bonchev–Trinajstić information content (AvgIpc) is 3.24. The molecule has 0 bridgehead atoms. The second-order valence-corrected chi connectivity index (χ2v) is 5.71. The molecule has 0 aromatic heterocycles. The summed E-state index contributed by atoms with van der Waals surface area (Å²) in [6.45, 7) is 2.59. The van der Waals surface area contributed by atoms with Gasteiger partial charge in [-0.15, -0.1) is 0 Å². The normalized spacial score (nSPS) is 13.9. The van der Waals surface area contributed by atoms with Gasteiger partial charge in [-0.1, -0.05) is 15.9 Å². The minimum Gasteiger partial charge on any atom is -0.466 e. The molecule has 0 spiro atoms. The fourth-order valence-corrected chi connectivity index (χ4v) is 2.30. The number of nitrogens with zero attached hydrogens (tertiary/aromatic N) is 1. The molecule has 5 heteroatoms. The molecule has 1 saturated carbocycles. The number of hydrogen-bond acceptors (Lipinski definition) is 3. The number of ether oxygens (including phenoxy) is 1. The quantitative estimate of drug-likeness (QED) is 0.748. The molecule has 0 aliphatic heterocycles. The molecule has 1 aromatic carbocycles. The van der Waals surface area contributed by atoms with E-state index in [9.17, 15) is 9.59 Å². The maximum absolute atomic E-state index is 12.5. The van der Waals surface area contributed by atoms with Crippen LogP contribution >= 0.6 is 15.9 Å². The first-order chi connectivity index (χ1) is 9.61. The molecule has 20 heavy (non-hydrogen) atoms. The largest absolute Gasteiger partial charge is 0.466 e. The van der Waals surface area contributed by atoms with Gasteiger partial charge < -0.3 is 9.64 Å². The van der Waals surface area contributed by atoms with E-state index in [4.69, 9.17) is 4.74 Å². The van der Waals surface area contributed by atoms with Gasteiger partial charge >= 0.3 is 5.97 Å². The smallest absolute Gasteiger partial charge is 0.307 e. The number of amides is 1. The predicted molar refractivity (Wildman–Crippen MR) is 79.5 cm³/mol. The van der Waals surface area contributed by atoms with Crippen molar-refractivity contribution in [2.24, 2.45) is 0 Å². The second kappa shape index (κ2) is 6.88. The predicted octanol–water partition coefficient (Wildman–Crippen LogP) is 3.01. The monoisotopic (exact) mass is 339 g/mol. The van der Waals surface area contributed by atoms with Gasteiger partial charge in [0.1, 0.15) is 0 Å². The Labute approximate surface area is 127 Å². The fraction of sp³-hybridized carbons (Fsp3) is 0.467. The van der Waals surface area contributed by atoms with E-state index in [1.165, 1.54) is 0 Å². The van der Waals surface area contributed by atoms with Crippen molar-refractivity contribution in [1.82, 2.24) is 4.90 Å². The Kier molecular flexibility index (Phi) is 5.17. The van der Waals surface area contributed by atoms with Crippen LogP contribution in [-0.4, -0.2) is 36.0 Å². The number of benzene rings is 1. The maximum atomic E-state index is 12.5. The van der Waals surface area contributed by atoms with Gasteiger partial charge in [0.05, 0.1) is 13.0 Å². The average molecular weight is 340 g/mol. The molecule has 2 rings (SSSR count). The van der Waals surface area contributed by atoms with Crippen molar-refractivity contribution in [1.29, 1.82) is 0 Å². The number of hydrogen-bond donors (Lipinski definition) is 0. The van der Waals surface area contributed by atoms with Gasteiger partial charge in [0.2, 0.25) is 0 Å². The molecule has 4 nitrogen and oxygen atoms in total. The Hall–Kier alpha value is -1.36. The van der Waals surface area contributed by atoms with Crippen molar-refractivity contribution in [3.63, 3.8) is 0 Å². The lowest BCUT2D eigenvalue weighted by Crippen LogP contribution is -2.35. The molecule has 1 aliphatic rings. The molecule has 0 atom stereocenters. The molecule has 0 radical (unpaired) electrons. The second-order valence-electron chi connectivity index (χ2n) is 4.79. The summed E-state index contributed by atoms with van der Waals surface area (Å²) in [5, 5.41) is 0. The third-order valence-corrected chi connectivity index (χ3v) is 3.73. The lowest BCUT2D eigenvalue weighted by atomic mass is 10.2. The van der Waals surface area contributed by atoms with Crippen LogP contribution in [-0.2, 0) is 9.53 Å². The number of carbonyl (C=O) groups excluding carboxylic acids is 2. The van der Waals surface area contributed by atoms with E-state index in [2.05, 4.69) is 15.9 Å². The van der Waals surface area contributed by atoms with Crippen LogP contribution in [0.3, 0.4) is 0 Å². The fourth-order valence-electron chi connectivity index (χ4n) is 2.04. The molecule has 0 unspecified atom stereocenters. The lowest BCUT2D eigenvalue weighted by molar-refractivity contribution is -0.143. The molecule has 1 aliphatic carbocycles. The minimum atomic E-state index is -0.248. The zero-order valence-corrected chi connectivity index (χ0v) is 13.1. The van der Waals surface area contributed by atoms with E-state index in [0.29, 0.717) is 18.7 Å². The van der Waals surface area contributed by atoms with Gasteiger partial charge in [-0.2, -0.15) is 0 Å². The van der Waals surface area contributed by atoms with Crippen molar-refractivity contribution in [3.8, 4) is 0 Å². The van der Waals surface area contributed by atoms with Crippen molar-refractivity contribution in [3.05, 3.63) is 34.3 Å². The van der Waals surface area contributed by atoms with Crippen molar-refractivity contribution in [2.75, 3.05) is 13.2 Å². The van der Waals surface area contributed by atoms with Crippen LogP contribution in [0.5, 0.6) is 0 Å². The number of carbonyl (C=O) groups is 2. The first kappa shape index (κ1) is 15.0. The van der Waals surface area contributed by atoms with Gasteiger partial charge in [-0.25, -0.2) is 0 Å². The Morgan fingerprint density at radius 3 is 2.50 bits per heavy atom. The van der Waals surface area contributed by atoms with E-state index in [1.807, 2.05) is 12.1 Å². The molecular weight excluding hydrogens is 322 g/mol. The van der Waals surface area contributed by atoms with Gasteiger partial charge in [-0.05, 0) is 44.0 Å². The molecule has 1 fully saturated rings. The molecule has 0 heterocycles. The third-order valence-electron chi connectivity index (χ3n) is 3.20. The summed E-state index contributed by atoms with van der Waals surface area (Å²) in [7, 11) is 0. The van der Waals surface area contributed by atoms with Crippen LogP contribution in [0.25, 0.3) is 0 Å². The zero-order valence-electron chi connectivity index (χ0n) is 11.5. The molecule has 1 amide bonds. The van der Waals surface area contributed by atoms with E-state index in [1.54, 1.807) is 24.0 Å². The summed E-state index contributed by atoms with van der Waals surface area (Å²) in [5.74, 6) is -0.258. The summed E-state index contributed by atoms with van der Waals surface area (Å²) < 4.78 is 5.85. The summed E-state index contributed by atoms with van der Waals surface area (Å²) in [5.41, 5.74) is 0.656. The van der Waals surface area contributed by atoms with Crippen LogP contribution in [0.2, 0.25) is 0 Å². The molecule has 108 valence electrons.